The number of nitrogens with zero attached hydrogens (tertiary/aromatic N) is 5. The average molecular weight is 487 g/mol. The van der Waals surface area contributed by atoms with Crippen molar-refractivity contribution >= 4 is 18.1 Å². The number of β-amino-alcohol motifs (C(OH)–C–C–N with tert-alkyl or cyclic N) is 1. The summed E-state index contributed by atoms with van der Waals surface area (Å²) in [5.74, 6) is 1.65. The highest BCUT2D eigenvalue weighted by Gasteiger charge is 2.42. The van der Waals surface area contributed by atoms with Gasteiger partial charge in [0.2, 0.25) is 5.95 Å². The number of hydrogen-bond acceptors (Lipinski definition) is 10. The van der Waals surface area contributed by atoms with E-state index in [1.807, 2.05) is 24.2 Å². The number of rotatable bonds is 8. The molecule has 3 N–H and O–H groups in total. The van der Waals surface area contributed by atoms with Gasteiger partial charge in [-0.15, -0.1) is 0 Å². The molecule has 3 aliphatic heterocycles. The Kier molecular flexibility index (Phi) is 6.90. The summed E-state index contributed by atoms with van der Waals surface area (Å²) in [6, 6.07) is -0.244. The smallest absolute Gasteiger partial charge is 0.252 e. The first-order valence-electron chi connectivity index (χ1n) is 12.4. The van der Waals surface area contributed by atoms with Crippen LogP contribution in [0.25, 0.3) is 0 Å². The van der Waals surface area contributed by atoms with Gasteiger partial charge in [0.1, 0.15) is 18.0 Å². The van der Waals surface area contributed by atoms with E-state index < -0.39 is 18.4 Å². The van der Waals surface area contributed by atoms with Gasteiger partial charge in [-0.3, -0.25) is 10.2 Å². The molecule has 3 fully saturated rings. The monoisotopic (exact) mass is 486 g/mol. The number of aromatic nitrogens is 2. The third kappa shape index (κ3) is 5.26. The molecule has 4 aliphatic rings. The molecule has 1 aliphatic carbocycles. The second kappa shape index (κ2) is 10.1. The molecular formula is C24H34N6O5. The quantitative estimate of drug-likeness (QED) is 0.480. The summed E-state index contributed by atoms with van der Waals surface area (Å²) < 4.78 is 11.7. The normalized spacial score (nSPS) is 30.0. The first kappa shape index (κ1) is 24.0. The minimum atomic E-state index is -0.875. The maximum absolute atomic E-state index is 13.0. The molecule has 2 saturated heterocycles. The Balaban J connectivity index is 1.10. The molecule has 1 amide bonds. The number of carbonyl (C=O) groups excluding carboxylic acids is 1. The van der Waals surface area contributed by atoms with Crippen molar-refractivity contribution in [3.8, 4) is 0 Å². The van der Waals surface area contributed by atoms with Gasteiger partial charge in [-0.1, -0.05) is 0 Å². The Morgan fingerprint density at radius 2 is 1.94 bits per heavy atom. The van der Waals surface area contributed by atoms with Crippen LogP contribution in [0, 0.1) is 0 Å². The van der Waals surface area contributed by atoms with E-state index in [0.717, 1.165) is 0 Å². The minimum absolute atomic E-state index is 0.0889. The molecule has 0 bridgehead atoms. The van der Waals surface area contributed by atoms with Crippen LogP contribution in [0.1, 0.15) is 51.0 Å². The van der Waals surface area contributed by atoms with Crippen molar-refractivity contribution in [2.24, 2.45) is 5.10 Å². The molecule has 1 aromatic heterocycles. The van der Waals surface area contributed by atoms with Gasteiger partial charge >= 0.3 is 0 Å². The predicted octanol–water partition coefficient (Wildman–Crippen LogP) is 0.498. The lowest BCUT2D eigenvalue weighted by atomic mass is 10.0. The van der Waals surface area contributed by atoms with Crippen LogP contribution < -0.4 is 10.3 Å². The van der Waals surface area contributed by atoms with Crippen molar-refractivity contribution in [2.75, 3.05) is 31.1 Å². The van der Waals surface area contributed by atoms with E-state index in [9.17, 15) is 15.0 Å². The van der Waals surface area contributed by atoms with Gasteiger partial charge in [0.15, 0.2) is 6.23 Å². The molecule has 5 atom stereocenters. The second-order valence-electron chi connectivity index (χ2n) is 9.87. The summed E-state index contributed by atoms with van der Waals surface area (Å²) in [4.78, 5) is 25.8. The fraction of sp³-hybridized carbons (Fsp3) is 0.667. The van der Waals surface area contributed by atoms with Gasteiger partial charge in [-0.05, 0) is 44.6 Å². The maximum atomic E-state index is 13.0. The van der Waals surface area contributed by atoms with E-state index in [0.29, 0.717) is 55.7 Å². The zero-order chi connectivity index (χ0) is 24.5. The Bertz CT molecular complexity index is 981. The van der Waals surface area contributed by atoms with Crippen molar-refractivity contribution in [2.45, 2.75) is 76.0 Å². The van der Waals surface area contributed by atoms with Crippen LogP contribution in [-0.2, 0) is 14.3 Å². The zero-order valence-electron chi connectivity index (χ0n) is 20.2. The van der Waals surface area contributed by atoms with Crippen LogP contribution in [0.3, 0.4) is 0 Å². The number of anilines is 1. The van der Waals surface area contributed by atoms with Crippen LogP contribution in [0.4, 0.5) is 5.95 Å². The molecule has 11 heteroatoms. The summed E-state index contributed by atoms with van der Waals surface area (Å²) in [7, 11) is 0. The Labute approximate surface area is 204 Å². The van der Waals surface area contributed by atoms with Gasteiger partial charge in [0, 0.05) is 44.0 Å². The highest BCUT2D eigenvalue weighted by atomic mass is 16.5. The van der Waals surface area contributed by atoms with Crippen LogP contribution in [0.15, 0.2) is 28.8 Å². The van der Waals surface area contributed by atoms with E-state index in [2.05, 4.69) is 20.5 Å². The number of allylic oxidation sites excluding steroid dienone is 1. The Hall–Kier alpha value is -2.76. The molecule has 4 heterocycles. The number of hydrogen-bond donors (Lipinski definition) is 3. The fourth-order valence-corrected chi connectivity index (χ4v) is 4.87. The molecule has 1 saturated carbocycles. The van der Waals surface area contributed by atoms with Crippen molar-refractivity contribution in [3.63, 3.8) is 0 Å². The molecule has 0 spiro atoms. The highest BCUT2D eigenvalue weighted by Crippen LogP contribution is 2.39. The lowest BCUT2D eigenvalue weighted by Gasteiger charge is -2.40. The molecular weight excluding hydrogens is 452 g/mol. The third-order valence-electron chi connectivity index (χ3n) is 7.16. The van der Waals surface area contributed by atoms with E-state index in [1.165, 1.54) is 24.6 Å². The minimum Gasteiger partial charge on any atom is -0.487 e. The van der Waals surface area contributed by atoms with E-state index in [4.69, 9.17) is 9.47 Å². The van der Waals surface area contributed by atoms with Crippen molar-refractivity contribution < 1.29 is 24.5 Å². The predicted molar refractivity (Wildman–Crippen MR) is 128 cm³/mol. The number of likely N-dealkylation sites (tertiary alicyclic amines) is 1. The van der Waals surface area contributed by atoms with E-state index >= 15 is 0 Å². The molecule has 5 unspecified atom stereocenters. The lowest BCUT2D eigenvalue weighted by Crippen LogP contribution is -2.55. The largest absolute Gasteiger partial charge is 0.487 e. The van der Waals surface area contributed by atoms with Crippen molar-refractivity contribution in [1.29, 1.82) is 0 Å². The molecule has 35 heavy (non-hydrogen) atoms. The number of amides is 1. The third-order valence-corrected chi connectivity index (χ3v) is 7.16. The van der Waals surface area contributed by atoms with E-state index in [1.54, 1.807) is 11.8 Å². The number of carbonyl (C=O) groups is 1. The summed E-state index contributed by atoms with van der Waals surface area (Å²) in [5.41, 5.74) is 4.38. The van der Waals surface area contributed by atoms with Crippen LogP contribution in [-0.4, -0.2) is 94.0 Å². The number of hydrazone groups is 1. The zero-order valence-corrected chi connectivity index (χ0v) is 20.2. The SMILES string of the molecule is CC1=C(OC(C)COC2CCN(C3CCN(c4ncc(C5CC5)cn4)CC3O)C2=O)C=NNC1O. The summed E-state index contributed by atoms with van der Waals surface area (Å²) in [5, 5.41) is 24.5. The van der Waals surface area contributed by atoms with Crippen molar-refractivity contribution in [3.05, 3.63) is 29.3 Å². The average Bonchev–Trinajstić information content (AvgIpc) is 3.64. The van der Waals surface area contributed by atoms with Gasteiger partial charge in [0.25, 0.3) is 5.91 Å². The molecule has 5 rings (SSSR count). The fourth-order valence-electron chi connectivity index (χ4n) is 4.87. The Morgan fingerprint density at radius 1 is 1.17 bits per heavy atom. The molecule has 11 nitrogen and oxygen atoms in total. The summed E-state index contributed by atoms with van der Waals surface area (Å²) in [6.07, 6.45) is 6.53. The molecule has 0 radical (unpaired) electrons. The number of aliphatic hydroxyl groups is 2. The number of piperidine rings is 1. The number of nitrogens with one attached hydrogen (secondary N) is 1. The first-order chi connectivity index (χ1) is 16.9. The topological polar surface area (TPSA) is 133 Å². The van der Waals surface area contributed by atoms with Crippen molar-refractivity contribution in [1.82, 2.24) is 20.3 Å². The van der Waals surface area contributed by atoms with Crippen LogP contribution >= 0.6 is 0 Å². The van der Waals surface area contributed by atoms with Gasteiger partial charge in [0.05, 0.1) is 25.0 Å². The van der Waals surface area contributed by atoms with Crippen LogP contribution in [0.2, 0.25) is 0 Å². The second-order valence-corrected chi connectivity index (χ2v) is 9.87. The lowest BCUT2D eigenvalue weighted by molar-refractivity contribution is -0.143. The first-order valence-corrected chi connectivity index (χ1v) is 12.4. The molecule has 190 valence electrons. The van der Waals surface area contributed by atoms with Gasteiger partial charge in [-0.2, -0.15) is 5.10 Å². The highest BCUT2D eigenvalue weighted by molar-refractivity contribution is 5.83. The van der Waals surface area contributed by atoms with Crippen LogP contribution in [0.5, 0.6) is 0 Å². The Morgan fingerprint density at radius 3 is 2.66 bits per heavy atom. The number of ether oxygens (including phenoxy) is 2. The number of aliphatic hydroxyl groups excluding tert-OH is 2. The van der Waals surface area contributed by atoms with E-state index in [-0.39, 0.29) is 24.7 Å². The van der Waals surface area contributed by atoms with Gasteiger partial charge < -0.3 is 29.5 Å². The standard InChI is InChI=1S/C24H34N6O5/c1-14(35-21-11-27-28-22(32)15(21)2)13-34-20-6-8-30(23(20)33)18-5-7-29(12-19(18)31)24-25-9-17(10-26-24)16-3-4-16/h9-11,14,16,18-20,22,28,31-32H,3-8,12-13H2,1-2H3. The molecule has 0 aromatic carbocycles. The summed E-state index contributed by atoms with van der Waals surface area (Å²) in [6.45, 7) is 5.47. The van der Waals surface area contributed by atoms with Gasteiger partial charge in [-0.25, -0.2) is 9.97 Å². The molecule has 1 aromatic rings. The maximum Gasteiger partial charge on any atom is 0.252 e. The summed E-state index contributed by atoms with van der Waals surface area (Å²) >= 11 is 0.